The van der Waals surface area contributed by atoms with Gasteiger partial charge in [-0.2, -0.15) is 0 Å². The van der Waals surface area contributed by atoms with Crippen LogP contribution in [0.25, 0.3) is 22.5 Å². The molecule has 1 saturated carbocycles. The molecule has 1 fully saturated rings. The summed E-state index contributed by atoms with van der Waals surface area (Å²) < 4.78 is 33.3. The predicted octanol–water partition coefficient (Wildman–Crippen LogP) is 4.67. The summed E-state index contributed by atoms with van der Waals surface area (Å²) in [4.78, 5) is 17.5. The Labute approximate surface area is 199 Å². The number of benzene rings is 2. The third-order valence-corrected chi connectivity index (χ3v) is 6.01. The fourth-order valence-corrected chi connectivity index (χ4v) is 4.05. The molecule has 1 amide bonds. The molecule has 0 spiro atoms. The number of hydrogen-bond acceptors (Lipinski definition) is 6. The molecule has 2 heterocycles. The number of pyridine rings is 1. The van der Waals surface area contributed by atoms with Gasteiger partial charge in [0.05, 0.1) is 12.0 Å². The first kappa shape index (κ1) is 22.6. The normalized spacial score (nSPS) is 13.9. The Morgan fingerprint density at radius 1 is 1.11 bits per heavy atom. The summed E-state index contributed by atoms with van der Waals surface area (Å²) in [6.07, 6.45) is 3.55. The molecule has 178 valence electrons. The Bertz CT molecular complexity index is 1360. The van der Waals surface area contributed by atoms with Crippen LogP contribution in [-0.4, -0.2) is 38.1 Å². The average molecular weight is 476 g/mol. The summed E-state index contributed by atoms with van der Waals surface area (Å²) in [5, 5.41) is 17.0. The van der Waals surface area contributed by atoms with Crippen molar-refractivity contribution in [3.63, 3.8) is 0 Å². The van der Waals surface area contributed by atoms with Crippen LogP contribution in [0.2, 0.25) is 0 Å². The number of tetrazole rings is 1. The summed E-state index contributed by atoms with van der Waals surface area (Å²) in [5.41, 5.74) is 1.93. The van der Waals surface area contributed by atoms with Gasteiger partial charge in [-0.3, -0.25) is 4.79 Å². The molecule has 0 aliphatic heterocycles. The molecular weight excluding hydrogens is 454 g/mol. The fourth-order valence-electron chi connectivity index (χ4n) is 4.05. The van der Waals surface area contributed by atoms with Crippen molar-refractivity contribution in [2.24, 2.45) is 0 Å². The van der Waals surface area contributed by atoms with E-state index in [9.17, 15) is 13.6 Å². The van der Waals surface area contributed by atoms with Gasteiger partial charge in [-0.1, -0.05) is 19.1 Å². The van der Waals surface area contributed by atoms with E-state index in [1.165, 1.54) is 12.1 Å². The number of amides is 1. The lowest BCUT2D eigenvalue weighted by Gasteiger charge is -2.17. The maximum Gasteiger partial charge on any atom is 0.235 e. The van der Waals surface area contributed by atoms with Crippen molar-refractivity contribution in [1.29, 1.82) is 0 Å². The first-order valence-electron chi connectivity index (χ1n) is 11.2. The van der Waals surface area contributed by atoms with Crippen LogP contribution >= 0.6 is 0 Å². The van der Waals surface area contributed by atoms with Crippen LogP contribution in [0.4, 0.5) is 14.5 Å². The highest BCUT2D eigenvalue weighted by atomic mass is 19.1. The van der Waals surface area contributed by atoms with Gasteiger partial charge in [0.1, 0.15) is 11.6 Å². The molecule has 8 nitrogen and oxygen atoms in total. The molecule has 2 N–H and O–H groups in total. The lowest BCUT2D eigenvalue weighted by Crippen LogP contribution is -2.28. The number of ether oxygens (including phenoxy) is 1. The molecule has 2 aromatic heterocycles. The largest absolute Gasteiger partial charge is 0.478 e. The van der Waals surface area contributed by atoms with Crippen LogP contribution < -0.4 is 10.1 Å². The lowest BCUT2D eigenvalue weighted by molar-refractivity contribution is -0.118. The third kappa shape index (κ3) is 4.46. The quantitative estimate of drug-likeness (QED) is 0.383. The second-order valence-electron chi connectivity index (χ2n) is 8.40. The molecule has 10 heteroatoms. The van der Waals surface area contributed by atoms with E-state index in [2.05, 4.69) is 30.9 Å². The van der Waals surface area contributed by atoms with Gasteiger partial charge < -0.3 is 10.1 Å². The number of halogens is 2. The van der Waals surface area contributed by atoms with Crippen molar-refractivity contribution in [2.45, 2.75) is 31.6 Å². The molecule has 5 rings (SSSR count). The summed E-state index contributed by atoms with van der Waals surface area (Å²) in [6.45, 7) is 2.60. The fraction of sp³-hybridized carbons (Fsp3) is 0.240. The number of aromatic nitrogens is 5. The molecule has 4 aromatic rings. The van der Waals surface area contributed by atoms with Gasteiger partial charge in [0, 0.05) is 40.7 Å². The zero-order valence-electron chi connectivity index (χ0n) is 18.9. The van der Waals surface area contributed by atoms with Gasteiger partial charge in [-0.05, 0) is 59.5 Å². The number of aromatic amines is 1. The number of H-pyrrole nitrogens is 1. The van der Waals surface area contributed by atoms with Gasteiger partial charge in [0.25, 0.3) is 0 Å². The first-order chi connectivity index (χ1) is 17.0. The summed E-state index contributed by atoms with van der Waals surface area (Å²) in [7, 11) is 0. The average Bonchev–Trinajstić information content (AvgIpc) is 3.48. The highest BCUT2D eigenvalue weighted by Gasteiger charge is 2.52. The van der Waals surface area contributed by atoms with Crippen molar-refractivity contribution in [3.05, 3.63) is 71.9 Å². The van der Waals surface area contributed by atoms with Crippen LogP contribution in [0.15, 0.2) is 54.7 Å². The molecule has 0 atom stereocenters. The smallest absolute Gasteiger partial charge is 0.235 e. The number of carbonyl (C=O) groups excluding carboxylic acids is 1. The first-order valence-corrected chi connectivity index (χ1v) is 11.2. The van der Waals surface area contributed by atoms with E-state index < -0.39 is 17.0 Å². The van der Waals surface area contributed by atoms with Crippen molar-refractivity contribution in [3.8, 4) is 28.4 Å². The van der Waals surface area contributed by atoms with E-state index in [1.807, 2.05) is 19.1 Å². The minimum Gasteiger partial charge on any atom is -0.478 e. The van der Waals surface area contributed by atoms with Crippen LogP contribution in [0.1, 0.15) is 31.7 Å². The Kier molecular flexibility index (Phi) is 5.94. The Hall–Kier alpha value is -4.21. The van der Waals surface area contributed by atoms with E-state index in [0.29, 0.717) is 42.4 Å². The molecule has 0 saturated heterocycles. The maximum atomic E-state index is 14.4. The highest BCUT2D eigenvalue weighted by molar-refractivity contribution is 6.02. The van der Waals surface area contributed by atoms with Gasteiger partial charge >= 0.3 is 0 Å². The number of hydrogen-bond donors (Lipinski definition) is 2. The summed E-state index contributed by atoms with van der Waals surface area (Å²) in [6, 6.07) is 12.3. The topological polar surface area (TPSA) is 106 Å². The molecule has 1 aliphatic carbocycles. The molecule has 0 radical (unpaired) electrons. The standard InChI is InChI=1S/C25H22F2N6O2/c1-2-11-35-22-8-3-15(14-28-22)18-6-5-17(13-19(18)23-30-32-33-31-23)29-24(34)25(9-10-25)20-7-4-16(26)12-21(20)27/h3-8,12-14H,2,9-11H2,1H3,(H,29,34)(H,30,31,32,33). The molecule has 35 heavy (non-hydrogen) atoms. The van der Waals surface area contributed by atoms with Gasteiger partial charge in [-0.25, -0.2) is 18.9 Å². The van der Waals surface area contributed by atoms with Crippen LogP contribution in [0, 0.1) is 11.6 Å². The van der Waals surface area contributed by atoms with Crippen molar-refractivity contribution < 1.29 is 18.3 Å². The highest BCUT2D eigenvalue weighted by Crippen LogP contribution is 2.50. The molecule has 0 bridgehead atoms. The van der Waals surface area contributed by atoms with Crippen LogP contribution in [0.5, 0.6) is 5.88 Å². The van der Waals surface area contributed by atoms with Gasteiger partial charge in [-0.15, -0.1) is 5.10 Å². The number of nitrogens with zero attached hydrogens (tertiary/aromatic N) is 4. The molecular formula is C25H22F2N6O2. The van der Waals surface area contributed by atoms with Crippen LogP contribution in [0.3, 0.4) is 0 Å². The van der Waals surface area contributed by atoms with Gasteiger partial charge in [0.2, 0.25) is 11.8 Å². The zero-order chi connectivity index (χ0) is 24.4. The molecule has 2 aromatic carbocycles. The number of anilines is 1. The summed E-state index contributed by atoms with van der Waals surface area (Å²) >= 11 is 0. The minimum absolute atomic E-state index is 0.198. The molecule has 1 aliphatic rings. The monoisotopic (exact) mass is 476 g/mol. The SMILES string of the molecule is CCCOc1ccc(-c2ccc(NC(=O)C3(c4ccc(F)cc4F)CC3)cc2-c2nnn[nH]2)cn1. The van der Waals surface area contributed by atoms with Crippen molar-refractivity contribution in [2.75, 3.05) is 11.9 Å². The second-order valence-corrected chi connectivity index (χ2v) is 8.40. The van der Waals surface area contributed by atoms with E-state index >= 15 is 0 Å². The van der Waals surface area contributed by atoms with Crippen LogP contribution in [-0.2, 0) is 10.2 Å². The zero-order valence-corrected chi connectivity index (χ0v) is 18.9. The molecule has 0 unspecified atom stereocenters. The lowest BCUT2D eigenvalue weighted by atomic mass is 9.94. The Balaban J connectivity index is 1.44. The van der Waals surface area contributed by atoms with Crippen molar-refractivity contribution >= 4 is 11.6 Å². The van der Waals surface area contributed by atoms with Gasteiger partial charge in [0.15, 0.2) is 5.82 Å². The second kappa shape index (κ2) is 9.21. The van der Waals surface area contributed by atoms with E-state index in [-0.39, 0.29) is 11.5 Å². The predicted molar refractivity (Wildman–Crippen MR) is 125 cm³/mol. The number of carbonyl (C=O) groups is 1. The number of rotatable bonds is 8. The number of nitrogens with one attached hydrogen (secondary N) is 2. The van der Waals surface area contributed by atoms with E-state index in [0.717, 1.165) is 23.6 Å². The van der Waals surface area contributed by atoms with Crippen molar-refractivity contribution in [1.82, 2.24) is 25.6 Å². The van der Waals surface area contributed by atoms with E-state index in [4.69, 9.17) is 4.74 Å². The third-order valence-electron chi connectivity index (χ3n) is 6.01. The Morgan fingerprint density at radius 2 is 1.97 bits per heavy atom. The van der Waals surface area contributed by atoms with E-state index in [1.54, 1.807) is 24.4 Å². The maximum absolute atomic E-state index is 14.4. The minimum atomic E-state index is -1.01. The summed E-state index contributed by atoms with van der Waals surface area (Å²) in [5.74, 6) is -0.808. The Morgan fingerprint density at radius 3 is 2.63 bits per heavy atom.